The van der Waals surface area contributed by atoms with Gasteiger partial charge in [0.2, 0.25) is 0 Å². The van der Waals surface area contributed by atoms with Gasteiger partial charge in [0.05, 0.1) is 5.69 Å². The van der Waals surface area contributed by atoms with Gasteiger partial charge in [0.1, 0.15) is 0 Å². The van der Waals surface area contributed by atoms with Crippen LogP contribution in [0, 0.1) is 0 Å². The molecule has 2 N–H and O–H groups in total. The molecule has 0 bridgehead atoms. The Labute approximate surface area is 161 Å². The third-order valence-electron chi connectivity index (χ3n) is 5.55. The average Bonchev–Trinajstić information content (AvgIpc) is 3.24. The van der Waals surface area contributed by atoms with E-state index in [1.807, 2.05) is 46.8 Å². The van der Waals surface area contributed by atoms with Crippen LogP contribution in [0.2, 0.25) is 0 Å². The number of fused-ring (bicyclic) bond motifs is 1. The molecule has 140 valence electrons. The van der Waals surface area contributed by atoms with E-state index in [1.54, 1.807) is 0 Å². The third kappa shape index (κ3) is 3.26. The summed E-state index contributed by atoms with van der Waals surface area (Å²) in [5.41, 5.74) is 10.2. The Balaban J connectivity index is 0.00000196. The second kappa shape index (κ2) is 7.80. The Kier molecular flexibility index (Phi) is 5.68. The van der Waals surface area contributed by atoms with E-state index in [0.29, 0.717) is 5.69 Å². The molecule has 2 heterocycles. The van der Waals surface area contributed by atoms with Gasteiger partial charge in [-0.2, -0.15) is 5.10 Å². The molecule has 0 spiro atoms. The van der Waals surface area contributed by atoms with Crippen molar-refractivity contribution in [3.8, 4) is 5.69 Å². The van der Waals surface area contributed by atoms with Gasteiger partial charge >= 0.3 is 0 Å². The molecule has 1 fully saturated rings. The second-order valence-electron chi connectivity index (χ2n) is 7.30. The number of halogens is 1. The Morgan fingerprint density at radius 1 is 1.19 bits per heavy atom. The molecule has 5 nitrogen and oxygen atoms in total. The van der Waals surface area contributed by atoms with Gasteiger partial charge in [0, 0.05) is 29.9 Å². The number of hydrogen-bond acceptors (Lipinski definition) is 3. The summed E-state index contributed by atoms with van der Waals surface area (Å²) >= 11 is 0. The van der Waals surface area contributed by atoms with Gasteiger partial charge in [-0.25, -0.2) is 4.68 Å². The lowest BCUT2D eigenvalue weighted by Crippen LogP contribution is -2.51. The van der Waals surface area contributed by atoms with Gasteiger partial charge in [0.15, 0.2) is 5.69 Å². The zero-order valence-electron chi connectivity index (χ0n) is 15.2. The summed E-state index contributed by atoms with van der Waals surface area (Å²) < 4.78 is 1.97. The lowest BCUT2D eigenvalue weighted by atomic mass is 9.96. The lowest BCUT2D eigenvalue weighted by Gasteiger charge is -2.37. The maximum absolute atomic E-state index is 13.3. The van der Waals surface area contributed by atoms with Crippen LogP contribution in [-0.4, -0.2) is 39.2 Å². The van der Waals surface area contributed by atoms with E-state index in [-0.39, 0.29) is 30.4 Å². The van der Waals surface area contributed by atoms with Crippen molar-refractivity contribution in [2.24, 2.45) is 5.73 Å². The average molecular weight is 375 g/mol. The number of carbonyl (C=O) groups is 1. The molecule has 1 aromatic carbocycles. The molecule has 26 heavy (non-hydrogen) atoms. The van der Waals surface area contributed by atoms with Gasteiger partial charge in [0.25, 0.3) is 5.91 Å². The highest BCUT2D eigenvalue weighted by atomic mass is 35.5. The van der Waals surface area contributed by atoms with Crippen molar-refractivity contribution in [3.05, 3.63) is 47.3 Å². The van der Waals surface area contributed by atoms with E-state index >= 15 is 0 Å². The van der Waals surface area contributed by atoms with Crippen LogP contribution >= 0.6 is 12.4 Å². The number of carbonyl (C=O) groups excluding carboxylic acids is 1. The largest absolute Gasteiger partial charge is 0.333 e. The number of amides is 1. The molecule has 6 heteroatoms. The van der Waals surface area contributed by atoms with E-state index in [9.17, 15) is 4.79 Å². The van der Waals surface area contributed by atoms with Crippen LogP contribution < -0.4 is 5.73 Å². The number of para-hydroxylation sites is 1. The number of nitrogens with two attached hydrogens (primary N) is 1. The summed E-state index contributed by atoms with van der Waals surface area (Å²) in [5.74, 6) is 0.0647. The first kappa shape index (κ1) is 18.9. The van der Waals surface area contributed by atoms with Crippen LogP contribution in [0.1, 0.15) is 54.4 Å². The van der Waals surface area contributed by atoms with Gasteiger partial charge < -0.3 is 10.6 Å². The highest BCUT2D eigenvalue weighted by Gasteiger charge is 2.34. The normalized spacial score (nSPS) is 20.4. The van der Waals surface area contributed by atoms with Crippen LogP contribution in [0.3, 0.4) is 0 Å². The Morgan fingerprint density at radius 2 is 1.96 bits per heavy atom. The summed E-state index contributed by atoms with van der Waals surface area (Å²) in [5, 5.41) is 4.76. The number of benzene rings is 1. The lowest BCUT2D eigenvalue weighted by molar-refractivity contribution is 0.0576. The summed E-state index contributed by atoms with van der Waals surface area (Å²) in [6, 6.07) is 10.2. The maximum atomic E-state index is 13.3. The summed E-state index contributed by atoms with van der Waals surface area (Å²) in [7, 11) is 0. The van der Waals surface area contributed by atoms with Crippen molar-refractivity contribution >= 4 is 18.3 Å². The highest BCUT2D eigenvalue weighted by Crippen LogP contribution is 2.30. The van der Waals surface area contributed by atoms with Gasteiger partial charge in [-0.15, -0.1) is 12.4 Å². The van der Waals surface area contributed by atoms with Crippen molar-refractivity contribution in [1.82, 2.24) is 14.7 Å². The zero-order chi connectivity index (χ0) is 17.4. The summed E-state index contributed by atoms with van der Waals surface area (Å²) in [6.07, 6.45) is 6.21. The molecule has 0 radical (unpaired) electrons. The summed E-state index contributed by atoms with van der Waals surface area (Å²) in [6.45, 7) is 2.79. The SMILES string of the molecule is CC(N)C1CCCCN1C(=O)c1nn(-c2ccccc2)c2c1CCC2.Cl. The van der Waals surface area contributed by atoms with Crippen molar-refractivity contribution in [1.29, 1.82) is 0 Å². The molecule has 2 aliphatic rings. The molecule has 1 aromatic heterocycles. The van der Waals surface area contributed by atoms with Gasteiger partial charge in [-0.3, -0.25) is 4.79 Å². The van der Waals surface area contributed by atoms with E-state index in [0.717, 1.165) is 56.3 Å². The fraction of sp³-hybridized carbons (Fsp3) is 0.500. The number of aromatic nitrogens is 2. The number of likely N-dealkylation sites (tertiary alicyclic amines) is 1. The molecule has 0 saturated carbocycles. The maximum Gasteiger partial charge on any atom is 0.274 e. The van der Waals surface area contributed by atoms with Crippen LogP contribution in [0.15, 0.2) is 30.3 Å². The second-order valence-corrected chi connectivity index (χ2v) is 7.30. The first-order chi connectivity index (χ1) is 12.2. The molecular formula is C20H27ClN4O. The number of hydrogen-bond donors (Lipinski definition) is 1. The van der Waals surface area contributed by atoms with Gasteiger partial charge in [-0.1, -0.05) is 18.2 Å². The highest BCUT2D eigenvalue weighted by molar-refractivity contribution is 5.94. The van der Waals surface area contributed by atoms with E-state index in [1.165, 1.54) is 5.69 Å². The number of rotatable bonds is 3. The quantitative estimate of drug-likeness (QED) is 0.897. The zero-order valence-corrected chi connectivity index (χ0v) is 16.0. The van der Waals surface area contributed by atoms with E-state index in [2.05, 4.69) is 0 Å². The predicted octanol–water partition coefficient (Wildman–Crippen LogP) is 3.12. The Morgan fingerprint density at radius 3 is 2.69 bits per heavy atom. The van der Waals surface area contributed by atoms with Gasteiger partial charge in [-0.05, 0) is 57.6 Å². The van der Waals surface area contributed by atoms with Crippen LogP contribution in [0.4, 0.5) is 0 Å². The third-order valence-corrected chi connectivity index (χ3v) is 5.55. The Bertz CT molecular complexity index is 772. The minimum Gasteiger partial charge on any atom is -0.333 e. The minimum absolute atomic E-state index is 0. The molecule has 4 rings (SSSR count). The molecule has 2 aromatic rings. The minimum atomic E-state index is -0.00601. The van der Waals surface area contributed by atoms with Crippen LogP contribution in [0.25, 0.3) is 5.69 Å². The molecule has 2 unspecified atom stereocenters. The first-order valence-electron chi connectivity index (χ1n) is 9.39. The Hall–Kier alpha value is -1.85. The first-order valence-corrected chi connectivity index (χ1v) is 9.39. The van der Waals surface area contributed by atoms with Crippen molar-refractivity contribution in [2.75, 3.05) is 6.54 Å². The monoisotopic (exact) mass is 374 g/mol. The van der Waals surface area contributed by atoms with Crippen LogP contribution in [-0.2, 0) is 12.8 Å². The standard InChI is InChI=1S/C20H26N4O.ClH/c1-14(21)17-11-5-6-13-23(17)20(25)19-16-10-7-12-18(16)24(22-19)15-8-3-2-4-9-15;/h2-4,8-9,14,17H,5-7,10-13,21H2,1H3;1H. The number of nitrogens with zero attached hydrogens (tertiary/aromatic N) is 3. The van der Waals surface area contributed by atoms with Crippen LogP contribution in [0.5, 0.6) is 0 Å². The van der Waals surface area contributed by atoms with Crippen molar-refractivity contribution in [3.63, 3.8) is 0 Å². The van der Waals surface area contributed by atoms with Crippen molar-refractivity contribution < 1.29 is 4.79 Å². The fourth-order valence-corrected chi connectivity index (χ4v) is 4.28. The molecule has 1 saturated heterocycles. The molecule has 1 aliphatic carbocycles. The molecule has 2 atom stereocenters. The fourth-order valence-electron chi connectivity index (χ4n) is 4.28. The predicted molar refractivity (Wildman–Crippen MR) is 105 cm³/mol. The van der Waals surface area contributed by atoms with E-state index in [4.69, 9.17) is 10.8 Å². The molecular weight excluding hydrogens is 348 g/mol. The van der Waals surface area contributed by atoms with E-state index < -0.39 is 0 Å². The number of piperidine rings is 1. The molecule has 1 amide bonds. The smallest absolute Gasteiger partial charge is 0.274 e. The molecule has 1 aliphatic heterocycles. The van der Waals surface area contributed by atoms with Crippen molar-refractivity contribution in [2.45, 2.75) is 57.5 Å². The topological polar surface area (TPSA) is 64.2 Å². The summed E-state index contributed by atoms with van der Waals surface area (Å²) in [4.78, 5) is 15.3.